The maximum Gasteiger partial charge on any atom is 0.240 e. The molecule has 0 aliphatic carbocycles. The third-order valence-electron chi connectivity index (χ3n) is 2.91. The van der Waals surface area contributed by atoms with Crippen molar-refractivity contribution in [1.82, 2.24) is 4.72 Å². The maximum absolute atomic E-state index is 12.0. The van der Waals surface area contributed by atoms with Crippen LogP contribution in [0.5, 0.6) is 0 Å². The fourth-order valence-electron chi connectivity index (χ4n) is 1.83. The van der Waals surface area contributed by atoms with Crippen LogP contribution in [0, 0.1) is 0 Å². The Morgan fingerprint density at radius 2 is 1.71 bits per heavy atom. The zero-order chi connectivity index (χ0) is 15.7. The summed E-state index contributed by atoms with van der Waals surface area (Å²) < 4.78 is 26.6. The van der Waals surface area contributed by atoms with Crippen LogP contribution in [0.4, 0.5) is 5.69 Å². The van der Waals surface area contributed by atoms with E-state index < -0.39 is 10.0 Å². The lowest BCUT2D eigenvalue weighted by Crippen LogP contribution is -2.24. The van der Waals surface area contributed by atoms with Crippen LogP contribution in [0.2, 0.25) is 0 Å². The fraction of sp³-hybridized carbons (Fsp3) is 0.500. The highest BCUT2D eigenvalue weighted by Crippen LogP contribution is 2.14. The van der Waals surface area contributed by atoms with Crippen molar-refractivity contribution in [2.45, 2.75) is 37.5 Å². The van der Waals surface area contributed by atoms with Crippen molar-refractivity contribution in [3.63, 3.8) is 0 Å². The molecular weight excluding hydrogens is 290 g/mol. The van der Waals surface area contributed by atoms with Crippen molar-refractivity contribution in [1.29, 1.82) is 0 Å². The van der Waals surface area contributed by atoms with Crippen molar-refractivity contribution in [2.75, 3.05) is 18.4 Å². The first-order valence-electron chi connectivity index (χ1n) is 7.03. The molecular formula is C14H23N3O3S. The van der Waals surface area contributed by atoms with Gasteiger partial charge in [-0.3, -0.25) is 4.79 Å². The number of benzene rings is 1. The van der Waals surface area contributed by atoms with Gasteiger partial charge >= 0.3 is 0 Å². The van der Waals surface area contributed by atoms with E-state index in [1.807, 2.05) is 0 Å². The Kier molecular flexibility index (Phi) is 7.35. The molecule has 21 heavy (non-hydrogen) atoms. The van der Waals surface area contributed by atoms with E-state index in [9.17, 15) is 13.2 Å². The molecule has 0 fully saturated rings. The second-order valence-corrected chi connectivity index (χ2v) is 6.57. The highest BCUT2D eigenvalue weighted by Gasteiger charge is 2.12. The lowest BCUT2D eigenvalue weighted by molar-refractivity contribution is -0.114. The smallest absolute Gasteiger partial charge is 0.240 e. The third-order valence-corrected chi connectivity index (χ3v) is 4.38. The summed E-state index contributed by atoms with van der Waals surface area (Å²) in [5, 5.41) is 2.59. The van der Waals surface area contributed by atoms with Crippen LogP contribution in [0.1, 0.15) is 32.6 Å². The molecule has 7 heteroatoms. The van der Waals surface area contributed by atoms with Gasteiger partial charge in [-0.1, -0.05) is 12.8 Å². The Bertz CT molecular complexity index is 541. The number of anilines is 1. The number of carbonyl (C=O) groups is 1. The van der Waals surface area contributed by atoms with E-state index >= 15 is 0 Å². The van der Waals surface area contributed by atoms with E-state index in [0.29, 0.717) is 18.8 Å². The van der Waals surface area contributed by atoms with Crippen molar-refractivity contribution in [3.8, 4) is 0 Å². The lowest BCUT2D eigenvalue weighted by Gasteiger charge is -2.08. The number of sulfonamides is 1. The quantitative estimate of drug-likeness (QED) is 0.600. The molecule has 0 saturated carbocycles. The van der Waals surface area contributed by atoms with E-state index in [2.05, 4.69) is 10.0 Å². The molecule has 1 rings (SSSR count). The minimum Gasteiger partial charge on any atom is -0.330 e. The number of nitrogens with two attached hydrogens (primary N) is 1. The van der Waals surface area contributed by atoms with E-state index in [1.54, 1.807) is 12.1 Å². The van der Waals surface area contributed by atoms with Crippen molar-refractivity contribution >= 4 is 21.6 Å². The fourth-order valence-corrected chi connectivity index (χ4v) is 2.91. The number of unbranched alkanes of at least 4 members (excludes halogenated alkanes) is 3. The summed E-state index contributed by atoms with van der Waals surface area (Å²) in [5.74, 6) is -0.193. The first-order valence-corrected chi connectivity index (χ1v) is 8.51. The molecule has 4 N–H and O–H groups in total. The van der Waals surface area contributed by atoms with Crippen LogP contribution in [-0.2, 0) is 14.8 Å². The second kappa shape index (κ2) is 8.76. The van der Waals surface area contributed by atoms with Crippen LogP contribution in [0.15, 0.2) is 29.2 Å². The maximum atomic E-state index is 12.0. The molecule has 1 aromatic carbocycles. The number of amides is 1. The van der Waals surface area contributed by atoms with Gasteiger partial charge < -0.3 is 11.1 Å². The molecule has 0 aliphatic heterocycles. The third kappa shape index (κ3) is 6.70. The van der Waals surface area contributed by atoms with Crippen LogP contribution in [0.3, 0.4) is 0 Å². The molecule has 0 aromatic heterocycles. The molecule has 1 aromatic rings. The monoisotopic (exact) mass is 313 g/mol. The topological polar surface area (TPSA) is 101 Å². The van der Waals surface area contributed by atoms with Gasteiger partial charge in [0.2, 0.25) is 15.9 Å². The summed E-state index contributed by atoms with van der Waals surface area (Å²) >= 11 is 0. The van der Waals surface area contributed by atoms with Gasteiger partial charge in [-0.15, -0.1) is 0 Å². The molecule has 0 spiro atoms. The summed E-state index contributed by atoms with van der Waals surface area (Å²) in [5.41, 5.74) is 5.97. The largest absolute Gasteiger partial charge is 0.330 e. The van der Waals surface area contributed by atoms with Crippen LogP contribution < -0.4 is 15.8 Å². The Balaban J connectivity index is 2.48. The van der Waals surface area contributed by atoms with Crippen LogP contribution >= 0.6 is 0 Å². The standard InChI is InChI=1S/C14H23N3O3S/c1-12(18)17-13-6-8-14(9-7-13)21(19,20)16-11-5-3-2-4-10-15/h6-9,16H,2-5,10-11,15H2,1H3,(H,17,18). The van der Waals surface area contributed by atoms with Gasteiger partial charge in [-0.25, -0.2) is 13.1 Å². The minimum atomic E-state index is -3.49. The highest BCUT2D eigenvalue weighted by molar-refractivity contribution is 7.89. The average Bonchev–Trinajstić information content (AvgIpc) is 2.42. The van der Waals surface area contributed by atoms with Gasteiger partial charge in [0, 0.05) is 19.2 Å². The zero-order valence-electron chi connectivity index (χ0n) is 12.3. The molecule has 1 amide bonds. The van der Waals surface area contributed by atoms with Gasteiger partial charge in [-0.2, -0.15) is 0 Å². The minimum absolute atomic E-state index is 0.193. The number of hydrogen-bond donors (Lipinski definition) is 3. The molecule has 0 aliphatic rings. The van der Waals surface area contributed by atoms with Crippen molar-refractivity contribution < 1.29 is 13.2 Å². The van der Waals surface area contributed by atoms with Gasteiger partial charge in [0.1, 0.15) is 0 Å². The molecule has 0 unspecified atom stereocenters. The molecule has 0 atom stereocenters. The number of hydrogen-bond acceptors (Lipinski definition) is 4. The Hall–Kier alpha value is -1.44. The Morgan fingerprint density at radius 3 is 2.29 bits per heavy atom. The Labute approximate surface area is 126 Å². The van der Waals surface area contributed by atoms with Crippen LogP contribution in [-0.4, -0.2) is 27.4 Å². The predicted octanol–water partition coefficient (Wildman–Crippen LogP) is 1.44. The summed E-state index contributed by atoms with van der Waals surface area (Å²) in [6, 6.07) is 6.08. The second-order valence-electron chi connectivity index (χ2n) is 4.81. The molecule has 6 nitrogen and oxygen atoms in total. The van der Waals surface area contributed by atoms with E-state index in [4.69, 9.17) is 5.73 Å². The van der Waals surface area contributed by atoms with E-state index in [1.165, 1.54) is 19.1 Å². The van der Waals surface area contributed by atoms with Crippen molar-refractivity contribution in [3.05, 3.63) is 24.3 Å². The summed E-state index contributed by atoms with van der Waals surface area (Å²) in [4.78, 5) is 11.1. The first kappa shape index (κ1) is 17.6. The van der Waals surface area contributed by atoms with E-state index in [0.717, 1.165) is 25.7 Å². The molecule has 0 radical (unpaired) electrons. The molecule has 0 bridgehead atoms. The lowest BCUT2D eigenvalue weighted by atomic mass is 10.2. The first-order chi connectivity index (χ1) is 9.95. The summed E-state index contributed by atoms with van der Waals surface area (Å²) in [7, 11) is -3.49. The number of nitrogens with one attached hydrogen (secondary N) is 2. The average molecular weight is 313 g/mol. The predicted molar refractivity (Wildman–Crippen MR) is 83.5 cm³/mol. The van der Waals surface area contributed by atoms with Gasteiger partial charge in [0.25, 0.3) is 0 Å². The molecule has 118 valence electrons. The molecule has 0 saturated heterocycles. The SMILES string of the molecule is CC(=O)Nc1ccc(S(=O)(=O)NCCCCCCN)cc1. The van der Waals surface area contributed by atoms with Gasteiger partial charge in [-0.05, 0) is 43.7 Å². The number of rotatable bonds is 9. The van der Waals surface area contributed by atoms with Crippen LogP contribution in [0.25, 0.3) is 0 Å². The van der Waals surface area contributed by atoms with Gasteiger partial charge in [0.15, 0.2) is 0 Å². The number of carbonyl (C=O) groups excluding carboxylic acids is 1. The normalized spacial score (nSPS) is 11.3. The van der Waals surface area contributed by atoms with Gasteiger partial charge in [0.05, 0.1) is 4.90 Å². The van der Waals surface area contributed by atoms with E-state index in [-0.39, 0.29) is 10.8 Å². The highest BCUT2D eigenvalue weighted by atomic mass is 32.2. The van der Waals surface area contributed by atoms with Crippen molar-refractivity contribution in [2.24, 2.45) is 5.73 Å². The summed E-state index contributed by atoms with van der Waals surface area (Å²) in [6.07, 6.45) is 3.74. The zero-order valence-corrected chi connectivity index (χ0v) is 13.1. The summed E-state index contributed by atoms with van der Waals surface area (Å²) in [6.45, 7) is 2.49. The Morgan fingerprint density at radius 1 is 1.10 bits per heavy atom. The molecule has 0 heterocycles.